The fourth-order valence-corrected chi connectivity index (χ4v) is 3.69. The van der Waals surface area contributed by atoms with Crippen molar-refractivity contribution in [2.24, 2.45) is 0 Å². The van der Waals surface area contributed by atoms with Gasteiger partial charge in [0, 0.05) is 32.6 Å². The number of carbonyl (C=O) groups excluding carboxylic acids is 2. The fourth-order valence-electron chi connectivity index (χ4n) is 3.69. The number of imidazole rings is 1. The van der Waals surface area contributed by atoms with Crippen molar-refractivity contribution in [2.45, 2.75) is 13.1 Å². The van der Waals surface area contributed by atoms with E-state index in [-0.39, 0.29) is 24.2 Å². The number of aromatic nitrogens is 3. The Labute approximate surface area is 196 Å². The lowest BCUT2D eigenvalue weighted by atomic mass is 10.1. The number of anilines is 1. The monoisotopic (exact) mass is 461 g/mol. The lowest BCUT2D eigenvalue weighted by Crippen LogP contribution is -2.27. The van der Waals surface area contributed by atoms with Gasteiger partial charge < -0.3 is 19.5 Å². The van der Waals surface area contributed by atoms with Gasteiger partial charge in [0.1, 0.15) is 12.4 Å². The van der Waals surface area contributed by atoms with Crippen LogP contribution in [0.15, 0.2) is 67.1 Å². The van der Waals surface area contributed by atoms with Crippen molar-refractivity contribution in [3.63, 3.8) is 0 Å². The molecule has 0 unspecified atom stereocenters. The Morgan fingerprint density at radius 2 is 1.91 bits per heavy atom. The zero-order valence-electron chi connectivity index (χ0n) is 18.9. The van der Waals surface area contributed by atoms with Crippen molar-refractivity contribution in [1.29, 1.82) is 0 Å². The van der Waals surface area contributed by atoms with Crippen LogP contribution in [0.5, 0.6) is 0 Å². The summed E-state index contributed by atoms with van der Waals surface area (Å²) < 4.78 is 20.1. The second-order valence-corrected chi connectivity index (χ2v) is 7.85. The van der Waals surface area contributed by atoms with Crippen LogP contribution in [0.3, 0.4) is 0 Å². The van der Waals surface area contributed by atoms with Crippen molar-refractivity contribution < 1.29 is 18.7 Å². The lowest BCUT2D eigenvalue weighted by Gasteiger charge is -2.19. The number of rotatable bonds is 8. The highest BCUT2D eigenvalue weighted by atomic mass is 19.1. The second kappa shape index (κ2) is 10.2. The molecule has 0 aliphatic carbocycles. The van der Waals surface area contributed by atoms with Gasteiger partial charge in [0.15, 0.2) is 0 Å². The van der Waals surface area contributed by atoms with Crippen LogP contribution < -0.4 is 5.32 Å². The standard InChI is InChI=1S/C25H24FN5O3/c1-30(14-19-5-3-4-10-27-19)25(33)21-11-20(29-23(32)15-34-2)12-22-24(21)31(16-28-22)13-17-6-8-18(26)9-7-17/h3-12,16H,13-15H2,1-2H3,(H,29,32). The summed E-state index contributed by atoms with van der Waals surface area (Å²) in [5.74, 6) is -0.908. The number of hydrogen-bond donors (Lipinski definition) is 1. The zero-order valence-corrected chi connectivity index (χ0v) is 18.9. The van der Waals surface area contributed by atoms with Gasteiger partial charge in [-0.05, 0) is 42.0 Å². The largest absolute Gasteiger partial charge is 0.375 e. The van der Waals surface area contributed by atoms with Crippen LogP contribution in [0.25, 0.3) is 11.0 Å². The number of nitrogens with one attached hydrogen (secondary N) is 1. The Balaban J connectivity index is 1.73. The number of fused-ring (bicyclic) bond motifs is 1. The van der Waals surface area contributed by atoms with E-state index in [0.717, 1.165) is 11.3 Å². The van der Waals surface area contributed by atoms with Crippen molar-refractivity contribution in [1.82, 2.24) is 19.4 Å². The minimum Gasteiger partial charge on any atom is -0.375 e. The van der Waals surface area contributed by atoms with Crippen LogP contribution >= 0.6 is 0 Å². The zero-order chi connectivity index (χ0) is 24.1. The van der Waals surface area contributed by atoms with Crippen LogP contribution in [0.2, 0.25) is 0 Å². The average Bonchev–Trinajstić information content (AvgIpc) is 3.23. The predicted molar refractivity (Wildman–Crippen MR) is 126 cm³/mol. The minimum atomic E-state index is -0.340. The van der Waals surface area contributed by atoms with Gasteiger partial charge in [-0.3, -0.25) is 14.6 Å². The Morgan fingerprint density at radius 3 is 2.62 bits per heavy atom. The number of pyridine rings is 1. The highest BCUT2D eigenvalue weighted by Crippen LogP contribution is 2.26. The molecular formula is C25H24FN5O3. The molecule has 174 valence electrons. The highest BCUT2D eigenvalue weighted by Gasteiger charge is 2.21. The molecule has 2 aromatic carbocycles. The third-order valence-electron chi connectivity index (χ3n) is 5.24. The molecule has 9 heteroatoms. The maximum absolute atomic E-state index is 13.5. The lowest BCUT2D eigenvalue weighted by molar-refractivity contribution is -0.119. The van der Waals surface area contributed by atoms with Gasteiger partial charge in [0.05, 0.1) is 35.2 Å². The van der Waals surface area contributed by atoms with Gasteiger partial charge in [-0.1, -0.05) is 18.2 Å². The molecule has 0 bridgehead atoms. The number of hydrogen-bond acceptors (Lipinski definition) is 5. The van der Waals surface area contributed by atoms with Crippen LogP contribution in [0.1, 0.15) is 21.6 Å². The molecule has 0 radical (unpaired) electrons. The van der Waals surface area contributed by atoms with E-state index in [9.17, 15) is 14.0 Å². The maximum Gasteiger partial charge on any atom is 0.256 e. The topological polar surface area (TPSA) is 89.3 Å². The first kappa shape index (κ1) is 23.1. The quantitative estimate of drug-likeness (QED) is 0.434. The first-order chi connectivity index (χ1) is 16.4. The van der Waals surface area contributed by atoms with Crippen LogP contribution in [0.4, 0.5) is 10.1 Å². The van der Waals surface area contributed by atoms with Crippen LogP contribution in [-0.2, 0) is 22.6 Å². The Morgan fingerprint density at radius 1 is 1.12 bits per heavy atom. The number of carbonyl (C=O) groups is 2. The second-order valence-electron chi connectivity index (χ2n) is 7.85. The summed E-state index contributed by atoms with van der Waals surface area (Å²) in [4.78, 5) is 35.9. The van der Waals surface area contributed by atoms with Gasteiger partial charge in [-0.25, -0.2) is 9.37 Å². The van der Waals surface area contributed by atoms with E-state index in [1.165, 1.54) is 19.2 Å². The Bertz CT molecular complexity index is 1310. The summed E-state index contributed by atoms with van der Waals surface area (Å²) in [6.45, 7) is 0.601. The van der Waals surface area contributed by atoms with Crippen molar-refractivity contribution in [2.75, 3.05) is 26.1 Å². The van der Waals surface area contributed by atoms with E-state index in [1.807, 2.05) is 22.8 Å². The molecule has 8 nitrogen and oxygen atoms in total. The molecule has 34 heavy (non-hydrogen) atoms. The Kier molecular flexibility index (Phi) is 6.93. The molecular weight excluding hydrogens is 437 g/mol. The molecule has 4 rings (SSSR count). The summed E-state index contributed by atoms with van der Waals surface area (Å²) >= 11 is 0. The molecule has 2 aromatic heterocycles. The van der Waals surface area contributed by atoms with E-state index in [2.05, 4.69) is 15.3 Å². The number of nitrogens with zero attached hydrogens (tertiary/aromatic N) is 4. The van der Waals surface area contributed by atoms with Crippen molar-refractivity contribution in [3.05, 3.63) is 89.8 Å². The number of methoxy groups -OCH3 is 1. The van der Waals surface area contributed by atoms with E-state index in [4.69, 9.17) is 4.74 Å². The number of amides is 2. The highest BCUT2D eigenvalue weighted by molar-refractivity contribution is 6.07. The maximum atomic E-state index is 13.5. The van der Waals surface area contributed by atoms with Gasteiger partial charge in [-0.15, -0.1) is 0 Å². The molecule has 0 aliphatic rings. The van der Waals surface area contributed by atoms with E-state index in [1.54, 1.807) is 48.7 Å². The summed E-state index contributed by atoms with van der Waals surface area (Å²) in [5, 5.41) is 2.75. The molecule has 2 heterocycles. The first-order valence-electron chi connectivity index (χ1n) is 10.6. The van der Waals surface area contributed by atoms with E-state index >= 15 is 0 Å². The van der Waals surface area contributed by atoms with Gasteiger partial charge in [0.25, 0.3) is 5.91 Å². The molecule has 0 fully saturated rings. The van der Waals surface area contributed by atoms with Crippen molar-refractivity contribution >= 4 is 28.5 Å². The molecule has 0 aliphatic heterocycles. The molecule has 0 spiro atoms. The Hall–Kier alpha value is -4.11. The number of benzene rings is 2. The molecule has 0 saturated heterocycles. The van der Waals surface area contributed by atoms with Gasteiger partial charge in [0.2, 0.25) is 5.91 Å². The molecule has 1 N–H and O–H groups in total. The molecule has 0 saturated carbocycles. The summed E-state index contributed by atoms with van der Waals surface area (Å²) in [6.07, 6.45) is 3.31. The minimum absolute atomic E-state index is 0.111. The predicted octanol–water partition coefficient (Wildman–Crippen LogP) is 3.48. The fraction of sp³-hybridized carbons (Fsp3) is 0.200. The third-order valence-corrected chi connectivity index (χ3v) is 5.24. The normalized spacial score (nSPS) is 10.9. The molecule has 0 atom stereocenters. The summed E-state index contributed by atoms with van der Waals surface area (Å²) in [6, 6.07) is 15.0. The smallest absolute Gasteiger partial charge is 0.256 e. The number of halogens is 1. The molecule has 2 amide bonds. The summed E-state index contributed by atoms with van der Waals surface area (Å²) in [7, 11) is 3.13. The van der Waals surface area contributed by atoms with Crippen molar-refractivity contribution in [3.8, 4) is 0 Å². The van der Waals surface area contributed by atoms with Crippen LogP contribution in [0, 0.1) is 5.82 Å². The van der Waals surface area contributed by atoms with E-state index < -0.39 is 0 Å². The van der Waals surface area contributed by atoms with Gasteiger partial charge in [-0.2, -0.15) is 0 Å². The third kappa shape index (κ3) is 5.26. The van der Waals surface area contributed by atoms with E-state index in [0.29, 0.717) is 35.4 Å². The average molecular weight is 461 g/mol. The first-order valence-corrected chi connectivity index (χ1v) is 10.6. The summed E-state index contributed by atoms with van der Waals surface area (Å²) in [5.41, 5.74) is 3.59. The van der Waals surface area contributed by atoms with Gasteiger partial charge >= 0.3 is 0 Å². The SMILES string of the molecule is COCC(=O)Nc1cc(C(=O)N(C)Cc2ccccn2)c2c(c1)ncn2Cc1ccc(F)cc1. The number of ether oxygens (including phenoxy) is 1. The van der Waals surface area contributed by atoms with Crippen LogP contribution in [-0.4, -0.2) is 52.0 Å². The molecule has 4 aromatic rings.